The van der Waals surface area contributed by atoms with Gasteiger partial charge in [-0.3, -0.25) is 0 Å². The smallest absolute Gasteiger partial charge is 0.242 e. The quantitative estimate of drug-likeness (QED) is 0.619. The lowest BCUT2D eigenvalue weighted by molar-refractivity contribution is 0.496. The van der Waals surface area contributed by atoms with E-state index in [1.54, 1.807) is 0 Å². The predicted molar refractivity (Wildman–Crippen MR) is 132 cm³/mol. The van der Waals surface area contributed by atoms with Gasteiger partial charge in [-0.05, 0) is 46.8 Å². The summed E-state index contributed by atoms with van der Waals surface area (Å²) >= 11 is 0. The van der Waals surface area contributed by atoms with E-state index in [0.717, 1.165) is 6.67 Å². The molecule has 30 heavy (non-hydrogen) atoms. The highest BCUT2D eigenvalue weighted by atomic mass is 15.3. The molecule has 1 aliphatic heterocycles. The number of rotatable bonds is 4. The minimum Gasteiger partial charge on any atom is -0.361 e. The van der Waals surface area contributed by atoms with Gasteiger partial charge in [0.1, 0.15) is 0 Å². The van der Waals surface area contributed by atoms with Crippen molar-refractivity contribution in [3.8, 4) is 0 Å². The Labute approximate surface area is 181 Å². The van der Waals surface area contributed by atoms with Gasteiger partial charge >= 0.3 is 0 Å². The van der Waals surface area contributed by atoms with Crippen LogP contribution in [0.3, 0.4) is 0 Å². The fraction of sp³-hybridized carbons (Fsp3) is 0.259. The molecule has 3 heteroatoms. The first-order valence-corrected chi connectivity index (χ1v) is 10.7. The van der Waals surface area contributed by atoms with E-state index in [4.69, 9.17) is 0 Å². The molecule has 0 fully saturated rings. The van der Waals surface area contributed by atoms with E-state index in [2.05, 4.69) is 118 Å². The fourth-order valence-corrected chi connectivity index (χ4v) is 4.96. The molecule has 0 saturated heterocycles. The van der Waals surface area contributed by atoms with Gasteiger partial charge in [0.25, 0.3) is 0 Å². The molecule has 3 aromatic carbocycles. The van der Waals surface area contributed by atoms with Crippen LogP contribution in [-0.2, 0) is 0 Å². The maximum absolute atomic E-state index is 2.32. The molecule has 0 radical (unpaired) electrons. The number of nitrogens with zero attached hydrogens (tertiary/aromatic N) is 2. The number of aryl methyl sites for hydroxylation is 5. The Morgan fingerprint density at radius 1 is 0.700 bits per heavy atom. The molecule has 0 spiro atoms. The largest absolute Gasteiger partial charge is 0.361 e. The maximum Gasteiger partial charge on any atom is 0.242 e. The summed E-state index contributed by atoms with van der Waals surface area (Å²) in [6.07, 6.45) is 4.26. The predicted octanol–water partition coefficient (Wildman–Crippen LogP) is 3.93. The Morgan fingerprint density at radius 3 is 1.80 bits per heavy atom. The second kappa shape index (κ2) is 8.06. The van der Waals surface area contributed by atoms with Crippen molar-refractivity contribution in [3.05, 3.63) is 94.8 Å². The third-order valence-electron chi connectivity index (χ3n) is 6.29. The zero-order chi connectivity index (χ0) is 21.4. The topological polar surface area (TPSA) is 6.48 Å². The van der Waals surface area contributed by atoms with E-state index in [1.165, 1.54) is 49.9 Å². The van der Waals surface area contributed by atoms with Crippen molar-refractivity contribution < 1.29 is 0 Å². The fourth-order valence-electron chi connectivity index (χ4n) is 4.96. The summed E-state index contributed by atoms with van der Waals surface area (Å²) in [7, 11) is 2.10. The number of hydrogen-bond donors (Lipinski definition) is 0. The van der Waals surface area contributed by atoms with Crippen LogP contribution in [0.2, 0.25) is 0 Å². The lowest BCUT2D eigenvalue weighted by Gasteiger charge is -2.25. The lowest BCUT2D eigenvalue weighted by Crippen LogP contribution is -2.55. The molecule has 0 bridgehead atoms. The average Bonchev–Trinajstić information content (AvgIpc) is 3.12. The molecule has 1 heterocycles. The molecule has 4 rings (SSSR count). The first-order chi connectivity index (χ1) is 14.3. The van der Waals surface area contributed by atoms with E-state index in [1.807, 2.05) is 0 Å². The molecular weight excluding hydrogens is 363 g/mol. The Bertz CT molecular complexity index is 1060. The van der Waals surface area contributed by atoms with Crippen molar-refractivity contribution in [3.63, 3.8) is 0 Å². The van der Waals surface area contributed by atoms with Crippen LogP contribution in [0, 0.1) is 34.6 Å². The number of hydrogen-bond acceptors (Lipinski definition) is 2. The van der Waals surface area contributed by atoms with Crippen LogP contribution < -0.4 is 21.3 Å². The molecule has 0 aliphatic carbocycles. The summed E-state index contributed by atoms with van der Waals surface area (Å²) in [5.74, 6) is 0. The van der Waals surface area contributed by atoms with Gasteiger partial charge in [0.2, 0.25) is 6.71 Å². The maximum atomic E-state index is 2.32. The van der Waals surface area contributed by atoms with Crippen LogP contribution in [0.1, 0.15) is 27.8 Å². The van der Waals surface area contributed by atoms with Crippen molar-refractivity contribution in [1.82, 2.24) is 4.90 Å². The summed E-state index contributed by atoms with van der Waals surface area (Å²) in [5, 5.41) is 0. The summed E-state index contributed by atoms with van der Waals surface area (Å²) < 4.78 is 0. The van der Waals surface area contributed by atoms with E-state index in [0.29, 0.717) is 0 Å². The minimum absolute atomic E-state index is 0.234. The lowest BCUT2D eigenvalue weighted by atomic mass is 9.34. The van der Waals surface area contributed by atoms with Crippen molar-refractivity contribution >= 4 is 28.8 Å². The van der Waals surface area contributed by atoms with Gasteiger partial charge in [0, 0.05) is 25.1 Å². The third kappa shape index (κ3) is 3.77. The first kappa shape index (κ1) is 20.3. The van der Waals surface area contributed by atoms with Crippen LogP contribution in [0.15, 0.2) is 67.0 Å². The standard InChI is InChI=1S/C27H31BN2/c1-19-16-22(4)27(23(5)17-19)28(26-20(2)8-7-9-21(26)3)24-10-12-25(13-11-24)30-15-14-29(6)18-30/h7-17H,18H2,1-6H3. The molecule has 3 aromatic rings. The molecule has 0 amide bonds. The van der Waals surface area contributed by atoms with E-state index >= 15 is 0 Å². The van der Waals surface area contributed by atoms with Crippen molar-refractivity contribution in [2.24, 2.45) is 0 Å². The van der Waals surface area contributed by atoms with Crippen molar-refractivity contribution in [1.29, 1.82) is 0 Å². The van der Waals surface area contributed by atoms with E-state index < -0.39 is 0 Å². The summed E-state index contributed by atoms with van der Waals surface area (Å²) in [6, 6.07) is 20.5. The van der Waals surface area contributed by atoms with E-state index in [-0.39, 0.29) is 6.71 Å². The zero-order valence-electron chi connectivity index (χ0n) is 19.0. The Kier molecular flexibility index (Phi) is 5.47. The Morgan fingerprint density at radius 2 is 1.27 bits per heavy atom. The summed E-state index contributed by atoms with van der Waals surface area (Å²) in [5.41, 5.74) is 12.2. The van der Waals surface area contributed by atoms with E-state index in [9.17, 15) is 0 Å². The number of anilines is 1. The highest BCUT2D eigenvalue weighted by molar-refractivity contribution is 6.96. The van der Waals surface area contributed by atoms with Crippen molar-refractivity contribution in [2.45, 2.75) is 34.6 Å². The molecular formula is C27H31BN2. The van der Waals surface area contributed by atoms with Gasteiger partial charge in [0.15, 0.2) is 0 Å². The van der Waals surface area contributed by atoms with Gasteiger partial charge in [-0.25, -0.2) is 0 Å². The molecule has 0 aromatic heterocycles. The molecule has 0 unspecified atom stereocenters. The van der Waals surface area contributed by atoms with Gasteiger partial charge < -0.3 is 9.80 Å². The van der Waals surface area contributed by atoms with Crippen molar-refractivity contribution in [2.75, 3.05) is 18.6 Å². The number of benzene rings is 3. The zero-order valence-corrected chi connectivity index (χ0v) is 19.0. The Balaban J connectivity index is 1.86. The van der Waals surface area contributed by atoms with Crippen LogP contribution in [0.25, 0.3) is 0 Å². The Hall–Kier alpha value is -2.94. The van der Waals surface area contributed by atoms with Gasteiger partial charge in [-0.15, -0.1) is 0 Å². The molecule has 152 valence electrons. The highest BCUT2D eigenvalue weighted by Gasteiger charge is 2.28. The molecule has 2 nitrogen and oxygen atoms in total. The third-order valence-corrected chi connectivity index (χ3v) is 6.29. The monoisotopic (exact) mass is 394 g/mol. The highest BCUT2D eigenvalue weighted by Crippen LogP contribution is 2.18. The normalized spacial score (nSPS) is 13.3. The first-order valence-electron chi connectivity index (χ1n) is 10.7. The second-order valence-corrected chi connectivity index (χ2v) is 8.81. The minimum atomic E-state index is 0.234. The summed E-state index contributed by atoms with van der Waals surface area (Å²) in [6.45, 7) is 12.3. The van der Waals surface area contributed by atoms with Crippen LogP contribution in [0.5, 0.6) is 0 Å². The second-order valence-electron chi connectivity index (χ2n) is 8.81. The van der Waals surface area contributed by atoms with Crippen LogP contribution in [0.4, 0.5) is 5.69 Å². The molecule has 1 aliphatic rings. The van der Waals surface area contributed by atoms with Crippen LogP contribution >= 0.6 is 0 Å². The molecule has 0 atom stereocenters. The average molecular weight is 394 g/mol. The summed E-state index contributed by atoms with van der Waals surface area (Å²) in [4.78, 5) is 4.46. The molecule has 0 N–H and O–H groups in total. The van der Waals surface area contributed by atoms with Gasteiger partial charge in [0.05, 0.1) is 6.67 Å². The van der Waals surface area contributed by atoms with Gasteiger partial charge in [-0.1, -0.05) is 86.7 Å². The van der Waals surface area contributed by atoms with Gasteiger partial charge in [-0.2, -0.15) is 0 Å². The molecule has 0 saturated carbocycles. The van der Waals surface area contributed by atoms with Crippen LogP contribution in [-0.4, -0.2) is 25.3 Å². The SMILES string of the molecule is Cc1cc(C)c(B(c2ccc(N3C=CN(C)C3)cc2)c2c(C)cccc2C)c(C)c1.